The standard InChI is InChI=1S/C40H42N2O3/c1-8-12-30(9-2)15-18-33-25-37(40(43)44)36(10-3)39(41-33)42-38(24-31-14-11-13-26(4)21-31)32-16-19-34(20-17-32)45-35-22-27(5)29(7)28(6)23-35/h8-9,11-23,25,38H,1-2,10,24H2,3-7H3,(H,41,42)(H,43,44)/b18-15+,30-12+. The predicted octanol–water partition coefficient (Wildman–Crippen LogP) is 10.1. The summed E-state index contributed by atoms with van der Waals surface area (Å²) in [4.78, 5) is 17.3. The van der Waals surface area contributed by atoms with Gasteiger partial charge in [-0.1, -0.05) is 86.3 Å². The first-order valence-electron chi connectivity index (χ1n) is 15.2. The van der Waals surface area contributed by atoms with Gasteiger partial charge in [-0.2, -0.15) is 0 Å². The first-order chi connectivity index (χ1) is 21.6. The van der Waals surface area contributed by atoms with Crippen molar-refractivity contribution in [1.29, 1.82) is 0 Å². The molecular weight excluding hydrogens is 556 g/mol. The third-order valence-corrected chi connectivity index (χ3v) is 7.97. The van der Waals surface area contributed by atoms with Gasteiger partial charge in [0.15, 0.2) is 0 Å². The zero-order valence-corrected chi connectivity index (χ0v) is 26.9. The monoisotopic (exact) mass is 598 g/mol. The number of allylic oxidation sites excluding steroid dienone is 5. The number of ether oxygens (including phenoxy) is 1. The minimum atomic E-state index is -0.990. The summed E-state index contributed by atoms with van der Waals surface area (Å²) in [5.74, 6) is 1.11. The molecule has 45 heavy (non-hydrogen) atoms. The molecular formula is C40H42N2O3. The normalized spacial score (nSPS) is 12.2. The van der Waals surface area contributed by atoms with Crippen LogP contribution in [0.2, 0.25) is 0 Å². The van der Waals surface area contributed by atoms with Crippen LogP contribution in [0.25, 0.3) is 6.08 Å². The molecule has 0 saturated carbocycles. The highest BCUT2D eigenvalue weighted by Gasteiger charge is 2.20. The Morgan fingerprint density at radius 3 is 2.29 bits per heavy atom. The van der Waals surface area contributed by atoms with E-state index in [-0.39, 0.29) is 11.6 Å². The lowest BCUT2D eigenvalue weighted by Gasteiger charge is -2.23. The maximum atomic E-state index is 12.4. The lowest BCUT2D eigenvalue weighted by molar-refractivity contribution is 0.0695. The highest BCUT2D eigenvalue weighted by molar-refractivity contribution is 5.91. The maximum Gasteiger partial charge on any atom is 0.336 e. The van der Waals surface area contributed by atoms with E-state index in [1.165, 1.54) is 22.3 Å². The summed E-state index contributed by atoms with van der Waals surface area (Å²) < 4.78 is 6.23. The molecule has 3 aromatic carbocycles. The Labute approximate surface area is 267 Å². The average Bonchev–Trinajstić information content (AvgIpc) is 3.01. The molecule has 1 heterocycles. The number of benzene rings is 3. The van der Waals surface area contributed by atoms with Crippen molar-refractivity contribution in [2.24, 2.45) is 0 Å². The fourth-order valence-electron chi connectivity index (χ4n) is 5.31. The summed E-state index contributed by atoms with van der Waals surface area (Å²) in [5.41, 5.74) is 9.28. The van der Waals surface area contributed by atoms with Crippen LogP contribution in [0.15, 0.2) is 110 Å². The molecule has 0 radical (unpaired) electrons. The van der Waals surface area contributed by atoms with Gasteiger partial charge in [-0.3, -0.25) is 0 Å². The predicted molar refractivity (Wildman–Crippen MR) is 187 cm³/mol. The second-order valence-corrected chi connectivity index (χ2v) is 11.3. The van der Waals surface area contributed by atoms with Gasteiger partial charge in [0.25, 0.3) is 0 Å². The molecule has 4 rings (SSSR count). The van der Waals surface area contributed by atoms with Gasteiger partial charge in [-0.15, -0.1) is 0 Å². The molecule has 5 heteroatoms. The Morgan fingerprint density at radius 2 is 1.69 bits per heavy atom. The smallest absolute Gasteiger partial charge is 0.336 e. The Bertz CT molecular complexity index is 1740. The van der Waals surface area contributed by atoms with Gasteiger partial charge < -0.3 is 15.2 Å². The molecule has 0 spiro atoms. The minimum absolute atomic E-state index is 0.187. The van der Waals surface area contributed by atoms with Gasteiger partial charge in [-0.05, 0) is 110 Å². The van der Waals surface area contributed by atoms with E-state index in [1.54, 1.807) is 24.3 Å². The van der Waals surface area contributed by atoms with E-state index in [1.807, 2.05) is 31.2 Å². The molecule has 5 nitrogen and oxygen atoms in total. The van der Waals surface area contributed by atoms with Crippen molar-refractivity contribution in [3.05, 3.63) is 160 Å². The number of carboxylic acids is 1. The topological polar surface area (TPSA) is 71.5 Å². The number of hydrogen-bond acceptors (Lipinski definition) is 4. The first-order valence-corrected chi connectivity index (χ1v) is 15.2. The Morgan fingerprint density at radius 1 is 0.978 bits per heavy atom. The number of nitrogens with zero attached hydrogens (tertiary/aromatic N) is 1. The molecule has 0 aliphatic carbocycles. The van der Waals surface area contributed by atoms with Crippen molar-refractivity contribution in [1.82, 2.24) is 4.98 Å². The van der Waals surface area contributed by atoms with Crippen LogP contribution in [-0.4, -0.2) is 16.1 Å². The van der Waals surface area contributed by atoms with E-state index in [0.717, 1.165) is 28.2 Å². The molecule has 0 fully saturated rings. The summed E-state index contributed by atoms with van der Waals surface area (Å²) in [7, 11) is 0. The molecule has 0 aliphatic rings. The number of nitrogens with one attached hydrogen (secondary N) is 1. The van der Waals surface area contributed by atoms with Crippen LogP contribution in [-0.2, 0) is 12.8 Å². The fourth-order valence-corrected chi connectivity index (χ4v) is 5.31. The lowest BCUT2D eigenvalue weighted by Crippen LogP contribution is -2.18. The van der Waals surface area contributed by atoms with Gasteiger partial charge in [0, 0.05) is 5.56 Å². The highest BCUT2D eigenvalue weighted by atomic mass is 16.5. The van der Waals surface area contributed by atoms with Crippen LogP contribution in [0.1, 0.15) is 68.0 Å². The van der Waals surface area contributed by atoms with Crippen molar-refractivity contribution >= 4 is 17.9 Å². The van der Waals surface area contributed by atoms with Crippen LogP contribution < -0.4 is 10.1 Å². The van der Waals surface area contributed by atoms with Crippen molar-refractivity contribution < 1.29 is 14.6 Å². The Balaban J connectivity index is 1.74. The number of anilines is 1. The molecule has 0 bridgehead atoms. The van der Waals surface area contributed by atoms with E-state index in [9.17, 15) is 9.90 Å². The molecule has 0 amide bonds. The summed E-state index contributed by atoms with van der Waals surface area (Å²) in [5, 5.41) is 13.8. The number of rotatable bonds is 13. The molecule has 1 atom stereocenters. The van der Waals surface area contributed by atoms with Crippen molar-refractivity contribution in [2.45, 2.75) is 53.5 Å². The van der Waals surface area contributed by atoms with Gasteiger partial charge in [0.1, 0.15) is 17.3 Å². The second-order valence-electron chi connectivity index (χ2n) is 11.3. The molecule has 0 saturated heterocycles. The van der Waals surface area contributed by atoms with Crippen molar-refractivity contribution in [3.63, 3.8) is 0 Å². The van der Waals surface area contributed by atoms with Gasteiger partial charge in [-0.25, -0.2) is 9.78 Å². The van der Waals surface area contributed by atoms with Crippen molar-refractivity contribution in [3.8, 4) is 11.5 Å². The zero-order chi connectivity index (χ0) is 32.5. The molecule has 2 N–H and O–H groups in total. The number of aromatic carboxylic acids is 1. The van der Waals surface area contributed by atoms with Gasteiger partial charge in [0.2, 0.25) is 0 Å². The number of pyridine rings is 1. The SMILES string of the molecule is C=C/C=C(C=C)/C=C/c1cc(C(=O)O)c(CC)c(NC(Cc2cccc(C)c2)c2ccc(Oc3cc(C)c(C)c(C)c3)cc2)n1. The third kappa shape index (κ3) is 8.48. The van der Waals surface area contributed by atoms with E-state index < -0.39 is 5.97 Å². The third-order valence-electron chi connectivity index (χ3n) is 7.97. The number of carboxylic acid groups (broad SMARTS) is 1. The second kappa shape index (κ2) is 15.0. The van der Waals surface area contributed by atoms with Gasteiger partial charge in [0.05, 0.1) is 17.3 Å². The average molecular weight is 599 g/mol. The number of hydrogen-bond donors (Lipinski definition) is 2. The zero-order valence-electron chi connectivity index (χ0n) is 26.9. The lowest BCUT2D eigenvalue weighted by atomic mass is 9.96. The first kappa shape index (κ1) is 32.7. The quantitative estimate of drug-likeness (QED) is 0.150. The van der Waals surface area contributed by atoms with Crippen molar-refractivity contribution in [2.75, 3.05) is 5.32 Å². The minimum Gasteiger partial charge on any atom is -0.478 e. The van der Waals surface area contributed by atoms with Crippen LogP contribution in [0, 0.1) is 27.7 Å². The molecule has 4 aromatic rings. The summed E-state index contributed by atoms with van der Waals surface area (Å²) in [6.07, 6.45) is 10.0. The number of carbonyl (C=O) groups is 1. The highest BCUT2D eigenvalue weighted by Crippen LogP contribution is 2.31. The van der Waals surface area contributed by atoms with Crippen LogP contribution in [0.4, 0.5) is 5.82 Å². The Kier molecular flexibility index (Phi) is 10.9. The molecule has 0 aliphatic heterocycles. The van der Waals surface area contributed by atoms with E-state index >= 15 is 0 Å². The molecule has 1 unspecified atom stereocenters. The number of aromatic nitrogens is 1. The maximum absolute atomic E-state index is 12.4. The van der Waals surface area contributed by atoms with Gasteiger partial charge >= 0.3 is 5.97 Å². The summed E-state index contributed by atoms with van der Waals surface area (Å²) in [6, 6.07) is 22.0. The van der Waals surface area contributed by atoms with Crippen LogP contribution in [0.5, 0.6) is 11.5 Å². The fraction of sp³-hybridized carbons (Fsp3) is 0.200. The summed E-state index contributed by atoms with van der Waals surface area (Å²) >= 11 is 0. The Hall–Kier alpha value is -5.16. The molecule has 1 aromatic heterocycles. The summed E-state index contributed by atoms with van der Waals surface area (Å²) in [6.45, 7) is 17.9. The van der Waals surface area contributed by atoms with E-state index in [4.69, 9.17) is 9.72 Å². The molecule has 230 valence electrons. The van der Waals surface area contributed by atoms with Crippen LogP contribution >= 0.6 is 0 Å². The van der Waals surface area contributed by atoms with Crippen LogP contribution in [0.3, 0.4) is 0 Å². The van der Waals surface area contributed by atoms with E-state index in [2.05, 4.69) is 94.7 Å². The van der Waals surface area contributed by atoms with E-state index in [0.29, 0.717) is 29.9 Å². The number of aryl methyl sites for hydroxylation is 3. The largest absolute Gasteiger partial charge is 0.478 e.